The fraction of sp³-hybridized carbons (Fsp3) is 0.200. The van der Waals surface area contributed by atoms with Crippen molar-refractivity contribution in [3.63, 3.8) is 0 Å². The molecule has 2 heterocycles. The number of allylic oxidation sites excluding steroid dienone is 4. The summed E-state index contributed by atoms with van der Waals surface area (Å²) in [6, 6.07) is 75.3. The molecule has 390 valence electrons. The smallest absolute Gasteiger partial charge is 0.252 e. The quantitative estimate of drug-likeness (QED) is 0.116. The van der Waals surface area contributed by atoms with Crippen molar-refractivity contribution in [1.29, 1.82) is 0 Å². The van der Waals surface area contributed by atoms with Crippen LogP contribution < -0.4 is 26.2 Å². The van der Waals surface area contributed by atoms with Crippen LogP contribution in [-0.4, -0.2) is 6.71 Å². The van der Waals surface area contributed by atoms with E-state index in [1.54, 1.807) is 0 Å². The molecule has 0 aliphatic carbocycles. The lowest BCUT2D eigenvalue weighted by atomic mass is 9.33. The maximum absolute atomic E-state index is 4.21. The summed E-state index contributed by atoms with van der Waals surface area (Å²) in [6.45, 7) is 35.5. The van der Waals surface area contributed by atoms with Crippen LogP contribution in [0.15, 0.2) is 238 Å². The van der Waals surface area contributed by atoms with E-state index in [0.717, 1.165) is 16.8 Å². The maximum atomic E-state index is 4.21. The van der Waals surface area contributed by atoms with E-state index >= 15 is 0 Å². The lowest BCUT2D eigenvalue weighted by molar-refractivity contribution is 0.590. The molecule has 0 aromatic heterocycles. The number of aryl methyl sites for hydroxylation is 3. The van der Waals surface area contributed by atoms with Gasteiger partial charge >= 0.3 is 0 Å². The Morgan fingerprint density at radius 1 is 0.385 bits per heavy atom. The van der Waals surface area contributed by atoms with Crippen LogP contribution in [0.1, 0.15) is 101 Å². The largest absolute Gasteiger partial charge is 0.311 e. The molecular formula is C75H77BN2. The molecule has 11 rings (SSSR count). The van der Waals surface area contributed by atoms with E-state index in [4.69, 9.17) is 0 Å². The van der Waals surface area contributed by atoms with Crippen molar-refractivity contribution in [1.82, 2.24) is 0 Å². The number of para-hydroxylation sites is 1. The summed E-state index contributed by atoms with van der Waals surface area (Å²) in [7, 11) is 0. The van der Waals surface area contributed by atoms with Gasteiger partial charge in [-0.2, -0.15) is 0 Å². The molecule has 0 spiro atoms. The summed E-state index contributed by atoms with van der Waals surface area (Å²) in [5.74, 6) is 0. The Morgan fingerprint density at radius 2 is 0.795 bits per heavy atom. The molecule has 0 fully saturated rings. The predicted molar refractivity (Wildman–Crippen MR) is 343 cm³/mol. The van der Waals surface area contributed by atoms with Crippen molar-refractivity contribution in [2.75, 3.05) is 9.80 Å². The first-order valence-corrected chi connectivity index (χ1v) is 27.7. The van der Waals surface area contributed by atoms with Gasteiger partial charge in [-0.15, -0.1) is 0 Å². The van der Waals surface area contributed by atoms with Crippen molar-refractivity contribution < 1.29 is 0 Å². The summed E-state index contributed by atoms with van der Waals surface area (Å²) in [5, 5.41) is 0. The normalized spacial score (nSPS) is 12.7. The number of hydrogen-bond acceptors (Lipinski definition) is 2. The van der Waals surface area contributed by atoms with E-state index < -0.39 is 0 Å². The van der Waals surface area contributed by atoms with Gasteiger partial charge in [-0.3, -0.25) is 0 Å². The van der Waals surface area contributed by atoms with Gasteiger partial charge in [0.15, 0.2) is 0 Å². The minimum absolute atomic E-state index is 0.00108. The summed E-state index contributed by atoms with van der Waals surface area (Å²) in [6.07, 6.45) is 5.85. The molecule has 2 aliphatic rings. The zero-order valence-corrected chi connectivity index (χ0v) is 48.2. The van der Waals surface area contributed by atoms with E-state index in [2.05, 4.69) is 306 Å². The second-order valence-corrected chi connectivity index (χ2v) is 24.2. The van der Waals surface area contributed by atoms with Crippen LogP contribution in [0.3, 0.4) is 0 Å². The lowest BCUT2D eigenvalue weighted by Gasteiger charge is -2.45. The topological polar surface area (TPSA) is 6.48 Å². The van der Waals surface area contributed by atoms with Gasteiger partial charge < -0.3 is 9.80 Å². The summed E-state index contributed by atoms with van der Waals surface area (Å²) < 4.78 is 0. The minimum atomic E-state index is -0.0115. The van der Waals surface area contributed by atoms with Gasteiger partial charge in [0, 0.05) is 34.0 Å². The van der Waals surface area contributed by atoms with E-state index in [1.807, 2.05) is 24.3 Å². The van der Waals surface area contributed by atoms with Crippen molar-refractivity contribution in [3.05, 3.63) is 277 Å². The molecular weight excluding hydrogens is 940 g/mol. The molecule has 0 saturated heterocycles. The number of hydrogen-bond donors (Lipinski definition) is 0. The Kier molecular flexibility index (Phi) is 15.7. The van der Waals surface area contributed by atoms with Crippen LogP contribution >= 0.6 is 0 Å². The van der Waals surface area contributed by atoms with Crippen molar-refractivity contribution in [2.45, 2.75) is 99.3 Å². The summed E-state index contributed by atoms with van der Waals surface area (Å²) >= 11 is 0. The van der Waals surface area contributed by atoms with Crippen LogP contribution in [0.2, 0.25) is 0 Å². The average molecular weight is 1020 g/mol. The molecule has 9 aromatic rings. The third-order valence-electron chi connectivity index (χ3n) is 15.2. The van der Waals surface area contributed by atoms with E-state index in [1.165, 1.54) is 100 Å². The first-order valence-electron chi connectivity index (χ1n) is 27.7. The number of benzene rings is 9. The Hall–Kier alpha value is -8.14. The van der Waals surface area contributed by atoms with Crippen molar-refractivity contribution in [3.8, 4) is 22.3 Å². The van der Waals surface area contributed by atoms with Crippen LogP contribution in [-0.2, 0) is 16.2 Å². The number of rotatable bonds is 7. The molecule has 0 N–H and O–H groups in total. The van der Waals surface area contributed by atoms with Gasteiger partial charge in [0.25, 0.3) is 6.71 Å². The standard InChI is InChI=1S/C49H53BN2.2C13H12/c1-13-17-33(14-2)38-18-15-16-19-41(38)52-43-27-23-36(49(10,11)12)31-40(43)50-39-30-35(48(7,8)9)22-26-42(39)51(44-28-32(3)29-45(52)46(44)50)37-24-20-34(21-25-37)47(4,5)6;2*1-11-7-9-13(10-8-11)12-5-3-2-4-6-12/h13-31H,1-2H2,3-12H3;2*2-10H,1H3/b33-17+;;. The van der Waals surface area contributed by atoms with Crippen molar-refractivity contribution in [2.24, 2.45) is 0 Å². The molecule has 0 atom stereocenters. The first-order chi connectivity index (χ1) is 37.2. The second kappa shape index (κ2) is 22.4. The van der Waals surface area contributed by atoms with Crippen molar-refractivity contribution >= 4 is 62.8 Å². The molecule has 3 heteroatoms. The molecule has 2 nitrogen and oxygen atoms in total. The Balaban J connectivity index is 0.000000229. The monoisotopic (exact) mass is 1020 g/mol. The Bertz CT molecular complexity index is 3520. The average Bonchev–Trinajstić information content (AvgIpc) is 3.63. The van der Waals surface area contributed by atoms with Gasteiger partial charge in [0.05, 0.1) is 5.69 Å². The predicted octanol–water partition coefficient (Wildman–Crippen LogP) is 19.0. The van der Waals surface area contributed by atoms with Crippen LogP contribution in [0.5, 0.6) is 0 Å². The van der Waals surface area contributed by atoms with Crippen LogP contribution in [0.25, 0.3) is 27.8 Å². The zero-order valence-electron chi connectivity index (χ0n) is 48.2. The second-order valence-electron chi connectivity index (χ2n) is 24.2. The van der Waals surface area contributed by atoms with Gasteiger partial charge in [0.2, 0.25) is 0 Å². The van der Waals surface area contributed by atoms with Gasteiger partial charge in [0.1, 0.15) is 0 Å². The molecule has 0 amide bonds. The number of fused-ring (bicyclic) bond motifs is 4. The lowest BCUT2D eigenvalue weighted by Crippen LogP contribution is -2.61. The molecule has 0 bridgehead atoms. The Morgan fingerprint density at radius 3 is 1.24 bits per heavy atom. The molecule has 0 saturated carbocycles. The fourth-order valence-corrected chi connectivity index (χ4v) is 10.8. The van der Waals surface area contributed by atoms with Gasteiger partial charge in [-0.25, -0.2) is 0 Å². The third kappa shape index (κ3) is 11.6. The highest BCUT2D eigenvalue weighted by atomic mass is 15.2. The molecule has 0 radical (unpaired) electrons. The Labute approximate surface area is 468 Å². The molecule has 9 aromatic carbocycles. The van der Waals surface area contributed by atoms with E-state index in [-0.39, 0.29) is 23.0 Å². The van der Waals surface area contributed by atoms with E-state index in [9.17, 15) is 0 Å². The molecule has 2 aliphatic heterocycles. The molecule has 0 unspecified atom stereocenters. The van der Waals surface area contributed by atoms with Gasteiger partial charge in [-0.05, 0) is 146 Å². The number of anilines is 6. The zero-order chi connectivity index (χ0) is 55.5. The SMILES string of the molecule is C=C/C=C(\C=C)c1ccccc1N1c2ccc(C(C)(C)C)cc2B2c3cc(C(C)(C)C)ccc3N(c3ccc(C(C)(C)C)cc3)c3cc(C)cc1c32.Cc1ccc(-c2ccccc2)cc1.Cc1ccc(-c2ccccc2)cc1. The van der Waals surface area contributed by atoms with Gasteiger partial charge in [-0.1, -0.05) is 269 Å². The summed E-state index contributed by atoms with van der Waals surface area (Å²) in [5.41, 5.74) is 26.4. The van der Waals surface area contributed by atoms with Crippen LogP contribution in [0.4, 0.5) is 34.1 Å². The highest BCUT2D eigenvalue weighted by Gasteiger charge is 2.44. The molecule has 78 heavy (non-hydrogen) atoms. The fourth-order valence-electron chi connectivity index (χ4n) is 10.8. The highest BCUT2D eigenvalue weighted by molar-refractivity contribution is 7.00. The van der Waals surface area contributed by atoms with E-state index in [0.29, 0.717) is 0 Å². The first kappa shape index (κ1) is 54.6. The van der Waals surface area contributed by atoms with Crippen LogP contribution in [0, 0.1) is 20.8 Å². The third-order valence-corrected chi connectivity index (χ3v) is 15.2. The summed E-state index contributed by atoms with van der Waals surface area (Å²) in [4.78, 5) is 5.03. The highest BCUT2D eigenvalue weighted by Crippen LogP contribution is 2.47. The number of nitrogens with zero attached hydrogens (tertiary/aromatic N) is 2. The minimum Gasteiger partial charge on any atom is -0.311 e. The maximum Gasteiger partial charge on any atom is 0.252 e.